The average Bonchev–Trinajstić information content (AvgIpc) is 2.93. The number of rotatable bonds is 4. The van der Waals surface area contributed by atoms with E-state index in [0.717, 1.165) is 22.6 Å². The molecule has 2 aliphatic rings. The number of ether oxygens (including phenoxy) is 2. The molecule has 1 aliphatic carbocycles. The number of benzene rings is 2. The number of Topliss-reactive ketones (excluding diaryl/α,β-unsaturated/α-hetero) is 1. The van der Waals surface area contributed by atoms with Gasteiger partial charge in [0.25, 0.3) is 0 Å². The normalized spacial score (nSPS) is 22.1. The lowest BCUT2D eigenvalue weighted by atomic mass is 9.75. The molecule has 2 aromatic rings. The van der Waals surface area contributed by atoms with Gasteiger partial charge >= 0.3 is 5.97 Å². The van der Waals surface area contributed by atoms with E-state index in [1.165, 1.54) is 7.11 Å². The van der Waals surface area contributed by atoms with Crippen LogP contribution in [0.25, 0.3) is 0 Å². The summed E-state index contributed by atoms with van der Waals surface area (Å²) in [5.74, 6) is -1.59. The number of para-hydroxylation sites is 2. The maximum absolute atomic E-state index is 13.7. The van der Waals surface area contributed by atoms with Gasteiger partial charge in [-0.15, -0.1) is 0 Å². The van der Waals surface area contributed by atoms with E-state index in [0.29, 0.717) is 28.8 Å². The number of aromatic hydroxyl groups is 1. The Kier molecular flexibility index (Phi) is 6.15. The highest BCUT2D eigenvalue weighted by molar-refractivity contribution is 9.10. The highest BCUT2D eigenvalue weighted by Gasteiger charge is 2.44. The second-order valence-electron chi connectivity index (χ2n) is 7.97. The third kappa shape index (κ3) is 3.83. The summed E-state index contributed by atoms with van der Waals surface area (Å²) in [6.07, 6.45) is 0.519. The Morgan fingerprint density at radius 1 is 1.25 bits per heavy atom. The molecule has 0 fully saturated rings. The fourth-order valence-corrected chi connectivity index (χ4v) is 4.87. The number of esters is 1. The van der Waals surface area contributed by atoms with Crippen LogP contribution < -0.4 is 15.4 Å². The Morgan fingerprint density at radius 2 is 1.97 bits per heavy atom. The minimum atomic E-state index is -0.877. The second-order valence-corrected chi connectivity index (χ2v) is 8.82. The van der Waals surface area contributed by atoms with E-state index in [1.807, 2.05) is 38.1 Å². The number of phenols is 1. The number of hydrogen-bond donors (Lipinski definition) is 3. The van der Waals surface area contributed by atoms with Gasteiger partial charge < -0.3 is 25.2 Å². The van der Waals surface area contributed by atoms with Crippen LogP contribution in [0, 0.1) is 11.8 Å². The molecule has 1 aliphatic heterocycles. The lowest BCUT2D eigenvalue weighted by molar-refractivity contribution is -0.151. The zero-order valence-electron chi connectivity index (χ0n) is 18.1. The van der Waals surface area contributed by atoms with Crippen LogP contribution in [0.4, 0.5) is 11.4 Å². The third-order valence-corrected chi connectivity index (χ3v) is 6.51. The van der Waals surface area contributed by atoms with E-state index in [2.05, 4.69) is 26.6 Å². The van der Waals surface area contributed by atoms with E-state index >= 15 is 0 Å². The molecule has 32 heavy (non-hydrogen) atoms. The number of methoxy groups -OCH3 is 1. The summed E-state index contributed by atoms with van der Waals surface area (Å²) in [6.45, 7) is 4.09. The van der Waals surface area contributed by atoms with Crippen molar-refractivity contribution in [2.45, 2.75) is 26.3 Å². The van der Waals surface area contributed by atoms with Crippen LogP contribution >= 0.6 is 15.9 Å². The lowest BCUT2D eigenvalue weighted by Crippen LogP contribution is -2.39. The van der Waals surface area contributed by atoms with Crippen molar-refractivity contribution in [1.82, 2.24) is 0 Å². The monoisotopic (exact) mass is 500 g/mol. The van der Waals surface area contributed by atoms with Crippen LogP contribution in [0.5, 0.6) is 11.5 Å². The molecule has 0 spiro atoms. The van der Waals surface area contributed by atoms with Gasteiger partial charge in [0.05, 0.1) is 35.6 Å². The van der Waals surface area contributed by atoms with Crippen molar-refractivity contribution < 1.29 is 24.2 Å². The number of nitrogens with one attached hydrogen (secondary N) is 2. The molecular weight excluding hydrogens is 476 g/mol. The molecule has 8 heteroatoms. The minimum absolute atomic E-state index is 0.00650. The standard InChI is InChI=1S/C24H25BrN2O5/c1-4-32-18-11-13(10-14(25)22(18)28)21-20-17(26-15-7-5-6-8-16(15)27-21)9-12(2)19(23(20)29)24(30)31-3/h5-8,10-12,19,21,26-28H,4,9H2,1-3H3/t12-,19-,21+/m1/s1. The van der Waals surface area contributed by atoms with E-state index in [4.69, 9.17) is 9.47 Å². The number of fused-ring (bicyclic) bond motifs is 1. The Balaban J connectivity index is 1.90. The van der Waals surface area contributed by atoms with E-state index < -0.39 is 17.9 Å². The molecule has 3 N–H and O–H groups in total. The summed E-state index contributed by atoms with van der Waals surface area (Å²) in [7, 11) is 1.30. The Labute approximate surface area is 194 Å². The molecule has 2 aromatic carbocycles. The van der Waals surface area contributed by atoms with Crippen molar-refractivity contribution in [3.63, 3.8) is 0 Å². The van der Waals surface area contributed by atoms with Gasteiger partial charge in [0, 0.05) is 11.3 Å². The molecule has 0 amide bonds. The van der Waals surface area contributed by atoms with Crippen LogP contribution in [0.1, 0.15) is 31.9 Å². The zero-order valence-corrected chi connectivity index (χ0v) is 19.7. The van der Waals surface area contributed by atoms with Crippen LogP contribution in [0.3, 0.4) is 0 Å². The number of carbonyl (C=O) groups is 2. The van der Waals surface area contributed by atoms with Gasteiger partial charge in [-0.25, -0.2) is 0 Å². The summed E-state index contributed by atoms with van der Waals surface area (Å²) in [5, 5.41) is 17.3. The molecule has 0 aromatic heterocycles. The SMILES string of the molecule is CCOc1cc([C@@H]2Nc3ccccc3NC3=C2C(=O)[C@H](C(=O)OC)[C@H](C)C3)cc(Br)c1O. The smallest absolute Gasteiger partial charge is 0.316 e. The van der Waals surface area contributed by atoms with Gasteiger partial charge in [0.1, 0.15) is 5.92 Å². The van der Waals surface area contributed by atoms with Crippen LogP contribution in [0.2, 0.25) is 0 Å². The van der Waals surface area contributed by atoms with Gasteiger partial charge in [0.15, 0.2) is 17.3 Å². The maximum Gasteiger partial charge on any atom is 0.316 e. The molecule has 168 valence electrons. The van der Waals surface area contributed by atoms with Gasteiger partial charge in [-0.3, -0.25) is 9.59 Å². The summed E-state index contributed by atoms with van der Waals surface area (Å²) in [5.41, 5.74) is 3.64. The molecular formula is C24H25BrN2O5. The second kappa shape index (κ2) is 8.86. The molecule has 0 unspecified atom stereocenters. The van der Waals surface area contributed by atoms with Crippen molar-refractivity contribution in [1.29, 1.82) is 0 Å². The summed E-state index contributed by atoms with van der Waals surface area (Å²) >= 11 is 3.40. The van der Waals surface area contributed by atoms with Crippen molar-refractivity contribution in [2.75, 3.05) is 24.4 Å². The Bertz CT molecular complexity index is 1110. The molecule has 0 radical (unpaired) electrons. The summed E-state index contributed by atoms with van der Waals surface area (Å²) < 4.78 is 11.0. The Morgan fingerprint density at radius 3 is 2.66 bits per heavy atom. The predicted molar refractivity (Wildman–Crippen MR) is 125 cm³/mol. The van der Waals surface area contributed by atoms with Crippen LogP contribution in [-0.4, -0.2) is 30.6 Å². The van der Waals surface area contributed by atoms with Gasteiger partial charge in [-0.1, -0.05) is 19.1 Å². The van der Waals surface area contributed by atoms with Gasteiger partial charge in [-0.2, -0.15) is 0 Å². The first-order chi connectivity index (χ1) is 15.3. The molecule has 4 rings (SSSR count). The molecule has 7 nitrogen and oxygen atoms in total. The molecule has 0 saturated carbocycles. The number of allylic oxidation sites excluding steroid dienone is 1. The van der Waals surface area contributed by atoms with E-state index in [-0.39, 0.29) is 17.5 Å². The number of carbonyl (C=O) groups excluding carboxylic acids is 2. The van der Waals surface area contributed by atoms with Gasteiger partial charge in [-0.05, 0) is 65.0 Å². The van der Waals surface area contributed by atoms with Crippen LogP contribution in [-0.2, 0) is 14.3 Å². The fourth-order valence-electron chi connectivity index (χ4n) is 4.41. The molecule has 0 bridgehead atoms. The highest BCUT2D eigenvalue weighted by atomic mass is 79.9. The first kappa shape index (κ1) is 22.2. The molecule has 3 atom stereocenters. The number of ketones is 1. The summed E-state index contributed by atoms with van der Waals surface area (Å²) in [6, 6.07) is 10.6. The van der Waals surface area contributed by atoms with E-state index in [1.54, 1.807) is 12.1 Å². The van der Waals surface area contributed by atoms with Crippen molar-refractivity contribution in [3.8, 4) is 11.5 Å². The average molecular weight is 501 g/mol. The van der Waals surface area contributed by atoms with Crippen molar-refractivity contribution in [2.24, 2.45) is 11.8 Å². The number of halogens is 1. The summed E-state index contributed by atoms with van der Waals surface area (Å²) in [4.78, 5) is 26.2. The van der Waals surface area contributed by atoms with E-state index in [9.17, 15) is 14.7 Å². The first-order valence-electron chi connectivity index (χ1n) is 10.5. The lowest BCUT2D eigenvalue weighted by Gasteiger charge is -2.32. The quantitative estimate of drug-likeness (QED) is 0.410. The maximum atomic E-state index is 13.7. The molecule has 0 saturated heterocycles. The largest absolute Gasteiger partial charge is 0.503 e. The topological polar surface area (TPSA) is 96.9 Å². The predicted octanol–water partition coefficient (Wildman–Crippen LogP) is 4.78. The number of anilines is 2. The number of hydrogen-bond acceptors (Lipinski definition) is 7. The van der Waals surface area contributed by atoms with Gasteiger partial charge in [0.2, 0.25) is 0 Å². The van der Waals surface area contributed by atoms with Crippen molar-refractivity contribution >= 4 is 39.1 Å². The minimum Gasteiger partial charge on any atom is -0.503 e. The fraction of sp³-hybridized carbons (Fsp3) is 0.333. The Hall–Kier alpha value is -3.00. The third-order valence-electron chi connectivity index (χ3n) is 5.91. The van der Waals surface area contributed by atoms with Crippen molar-refractivity contribution in [3.05, 3.63) is 57.7 Å². The highest BCUT2D eigenvalue weighted by Crippen LogP contribution is 2.46. The first-order valence-corrected chi connectivity index (χ1v) is 11.3. The number of phenolic OH excluding ortho intramolecular Hbond substituents is 1. The molecule has 1 heterocycles. The van der Waals surface area contributed by atoms with Crippen LogP contribution in [0.15, 0.2) is 52.1 Å². The zero-order chi connectivity index (χ0) is 23.0.